The summed E-state index contributed by atoms with van der Waals surface area (Å²) in [5, 5.41) is 3.71. The van der Waals surface area contributed by atoms with Gasteiger partial charge in [-0.1, -0.05) is 27.7 Å². The van der Waals surface area contributed by atoms with Gasteiger partial charge in [-0.3, -0.25) is 4.90 Å². The maximum Gasteiger partial charge on any atom is 0.0692 e. The van der Waals surface area contributed by atoms with Crippen molar-refractivity contribution >= 4 is 0 Å². The highest BCUT2D eigenvalue weighted by atomic mass is 16.5. The van der Waals surface area contributed by atoms with Gasteiger partial charge in [0.25, 0.3) is 0 Å². The van der Waals surface area contributed by atoms with E-state index in [2.05, 4.69) is 44.8 Å². The molecular weight excluding hydrogens is 248 g/mol. The summed E-state index contributed by atoms with van der Waals surface area (Å²) in [5.74, 6) is 0.715. The third-order valence-electron chi connectivity index (χ3n) is 5.68. The Hall–Kier alpha value is -0.120. The van der Waals surface area contributed by atoms with E-state index in [9.17, 15) is 0 Å². The van der Waals surface area contributed by atoms with E-state index in [1.807, 2.05) is 0 Å². The van der Waals surface area contributed by atoms with Gasteiger partial charge in [-0.05, 0) is 38.5 Å². The van der Waals surface area contributed by atoms with Crippen molar-refractivity contribution in [1.82, 2.24) is 10.2 Å². The van der Waals surface area contributed by atoms with Gasteiger partial charge in [0.05, 0.1) is 5.60 Å². The molecule has 0 radical (unpaired) electrons. The number of nitrogens with one attached hydrogen (secondary N) is 1. The maximum atomic E-state index is 6.15. The van der Waals surface area contributed by atoms with Crippen LogP contribution in [0.15, 0.2) is 0 Å². The van der Waals surface area contributed by atoms with Gasteiger partial charge in [-0.2, -0.15) is 0 Å². The Bertz CT molecular complexity index is 301. The van der Waals surface area contributed by atoms with E-state index in [1.165, 1.54) is 19.4 Å². The van der Waals surface area contributed by atoms with E-state index in [1.54, 1.807) is 0 Å². The van der Waals surface area contributed by atoms with Gasteiger partial charge in [0.2, 0.25) is 0 Å². The van der Waals surface area contributed by atoms with Crippen LogP contribution in [0.25, 0.3) is 0 Å². The number of rotatable bonds is 4. The first-order chi connectivity index (χ1) is 9.51. The van der Waals surface area contributed by atoms with E-state index < -0.39 is 0 Å². The van der Waals surface area contributed by atoms with Crippen LogP contribution in [0.3, 0.4) is 0 Å². The molecule has 2 rings (SSSR count). The van der Waals surface area contributed by atoms with Gasteiger partial charge >= 0.3 is 0 Å². The van der Waals surface area contributed by atoms with Crippen LogP contribution in [0.5, 0.6) is 0 Å². The highest BCUT2D eigenvalue weighted by Crippen LogP contribution is 2.35. The molecule has 3 heteroatoms. The molecule has 3 nitrogen and oxygen atoms in total. The lowest BCUT2D eigenvalue weighted by atomic mass is 9.84. The molecule has 1 N–H and O–H groups in total. The predicted octanol–water partition coefficient (Wildman–Crippen LogP) is 3.04. The molecule has 0 aromatic carbocycles. The molecule has 0 bridgehead atoms. The van der Waals surface area contributed by atoms with E-state index in [0.717, 1.165) is 26.0 Å². The molecule has 3 unspecified atom stereocenters. The minimum absolute atomic E-state index is 0.140. The average Bonchev–Trinajstić information content (AvgIpc) is 2.47. The molecule has 0 saturated carbocycles. The smallest absolute Gasteiger partial charge is 0.0692 e. The molecule has 0 aliphatic carbocycles. The monoisotopic (exact) mass is 282 g/mol. The summed E-state index contributed by atoms with van der Waals surface area (Å²) in [7, 11) is 0. The van der Waals surface area contributed by atoms with Gasteiger partial charge < -0.3 is 10.1 Å². The van der Waals surface area contributed by atoms with Crippen molar-refractivity contribution in [2.24, 2.45) is 5.92 Å². The predicted molar refractivity (Wildman–Crippen MR) is 85.1 cm³/mol. The van der Waals surface area contributed by atoms with Crippen LogP contribution in [0.1, 0.15) is 60.3 Å². The second kappa shape index (κ2) is 6.76. The lowest BCUT2D eigenvalue weighted by molar-refractivity contribution is -0.118. The van der Waals surface area contributed by atoms with E-state index in [-0.39, 0.29) is 5.60 Å². The van der Waals surface area contributed by atoms with Gasteiger partial charge in [0.1, 0.15) is 0 Å². The van der Waals surface area contributed by atoms with Crippen molar-refractivity contribution in [2.75, 3.05) is 19.7 Å². The largest absolute Gasteiger partial charge is 0.375 e. The highest BCUT2D eigenvalue weighted by Gasteiger charge is 2.40. The Kier molecular flexibility index (Phi) is 5.49. The number of hydrogen-bond acceptors (Lipinski definition) is 3. The van der Waals surface area contributed by atoms with Crippen molar-refractivity contribution < 1.29 is 4.74 Å². The summed E-state index contributed by atoms with van der Waals surface area (Å²) in [4.78, 5) is 2.77. The fourth-order valence-electron chi connectivity index (χ4n) is 3.89. The van der Waals surface area contributed by atoms with Crippen LogP contribution in [-0.4, -0.2) is 48.3 Å². The molecule has 20 heavy (non-hydrogen) atoms. The zero-order chi connectivity index (χ0) is 14.8. The van der Waals surface area contributed by atoms with Crippen LogP contribution < -0.4 is 5.32 Å². The number of ether oxygens (including phenoxy) is 1. The number of hydrogen-bond donors (Lipinski definition) is 1. The molecule has 0 aromatic heterocycles. The minimum Gasteiger partial charge on any atom is -0.375 e. The molecule has 2 aliphatic rings. The molecule has 118 valence electrons. The van der Waals surface area contributed by atoms with Crippen molar-refractivity contribution in [1.29, 1.82) is 0 Å². The quantitative estimate of drug-likeness (QED) is 0.858. The van der Waals surface area contributed by atoms with Gasteiger partial charge in [0.15, 0.2) is 0 Å². The summed E-state index contributed by atoms with van der Waals surface area (Å²) in [6, 6.07) is 2.01. The van der Waals surface area contributed by atoms with Crippen LogP contribution >= 0.6 is 0 Å². The molecule has 3 atom stereocenters. The molecular formula is C17H34N2O. The molecule has 0 spiro atoms. The number of piperazine rings is 1. The third-order valence-corrected chi connectivity index (χ3v) is 5.68. The third kappa shape index (κ3) is 3.37. The van der Waals surface area contributed by atoms with E-state index in [4.69, 9.17) is 4.74 Å². The average molecular weight is 282 g/mol. The second-order valence-corrected chi connectivity index (χ2v) is 7.19. The molecule has 2 fully saturated rings. The zero-order valence-corrected chi connectivity index (χ0v) is 14.1. The van der Waals surface area contributed by atoms with Crippen LogP contribution in [-0.2, 0) is 4.74 Å². The molecule has 0 aromatic rings. The van der Waals surface area contributed by atoms with Crippen molar-refractivity contribution in [2.45, 2.75) is 84.0 Å². The SMILES string of the molecule is CCC1(CC)CC(N2CC(C(C)C)NCC2C)CCO1. The van der Waals surface area contributed by atoms with Gasteiger partial charge in [-0.15, -0.1) is 0 Å². The molecule has 2 saturated heterocycles. The van der Waals surface area contributed by atoms with E-state index in [0.29, 0.717) is 24.0 Å². The van der Waals surface area contributed by atoms with Crippen molar-refractivity contribution in [3.63, 3.8) is 0 Å². The molecule has 2 aliphatic heterocycles. The fourth-order valence-corrected chi connectivity index (χ4v) is 3.89. The highest BCUT2D eigenvalue weighted by molar-refractivity contribution is 4.95. The Morgan fingerprint density at radius 2 is 2.00 bits per heavy atom. The van der Waals surface area contributed by atoms with Crippen LogP contribution in [0.2, 0.25) is 0 Å². The summed E-state index contributed by atoms with van der Waals surface area (Å²) in [5.41, 5.74) is 0.140. The first kappa shape index (κ1) is 16.3. The Labute approximate surface area is 125 Å². The fraction of sp³-hybridized carbons (Fsp3) is 1.00. The Morgan fingerprint density at radius 1 is 1.30 bits per heavy atom. The number of nitrogens with zero attached hydrogens (tertiary/aromatic N) is 1. The van der Waals surface area contributed by atoms with E-state index >= 15 is 0 Å². The van der Waals surface area contributed by atoms with Crippen LogP contribution in [0.4, 0.5) is 0 Å². The summed E-state index contributed by atoms with van der Waals surface area (Å²) in [6.45, 7) is 14.9. The van der Waals surface area contributed by atoms with Crippen molar-refractivity contribution in [3.8, 4) is 0 Å². The topological polar surface area (TPSA) is 24.5 Å². The molecule has 2 heterocycles. The van der Waals surface area contributed by atoms with Crippen LogP contribution in [0, 0.1) is 5.92 Å². The Balaban J connectivity index is 2.04. The summed E-state index contributed by atoms with van der Waals surface area (Å²) < 4.78 is 6.15. The minimum atomic E-state index is 0.140. The first-order valence-corrected chi connectivity index (χ1v) is 8.64. The maximum absolute atomic E-state index is 6.15. The van der Waals surface area contributed by atoms with Crippen molar-refractivity contribution in [3.05, 3.63) is 0 Å². The zero-order valence-electron chi connectivity index (χ0n) is 14.1. The lowest BCUT2D eigenvalue weighted by Gasteiger charge is -2.49. The van der Waals surface area contributed by atoms with Gasteiger partial charge in [-0.25, -0.2) is 0 Å². The lowest BCUT2D eigenvalue weighted by Crippen LogP contribution is -2.62. The Morgan fingerprint density at radius 3 is 2.60 bits per heavy atom. The summed E-state index contributed by atoms with van der Waals surface area (Å²) >= 11 is 0. The normalized spacial score (nSPS) is 35.4. The second-order valence-electron chi connectivity index (χ2n) is 7.19. The standard InChI is InChI=1S/C17H34N2O/c1-6-17(7-2)10-15(8-9-20-17)19-12-16(13(3)4)18-11-14(19)5/h13-16,18H,6-12H2,1-5H3. The first-order valence-electron chi connectivity index (χ1n) is 8.64. The van der Waals surface area contributed by atoms with Gasteiger partial charge in [0, 0.05) is 37.8 Å². The summed E-state index contributed by atoms with van der Waals surface area (Å²) in [6.07, 6.45) is 4.72. The molecule has 0 amide bonds.